The lowest BCUT2D eigenvalue weighted by Crippen LogP contribution is -2.51. The number of carbonyl (C=O) groups excluding carboxylic acids is 5. The minimum Gasteiger partial charge on any atom is -0.469 e. The van der Waals surface area contributed by atoms with Crippen molar-refractivity contribution >= 4 is 29.7 Å². The first-order chi connectivity index (χ1) is 17.3. The van der Waals surface area contributed by atoms with Gasteiger partial charge in [0.05, 0.1) is 27.8 Å². The van der Waals surface area contributed by atoms with E-state index in [4.69, 9.17) is 0 Å². The molecular weight excluding hydrogens is 468 g/mol. The largest absolute Gasteiger partial charge is 0.469 e. The maximum absolute atomic E-state index is 13.2. The summed E-state index contributed by atoms with van der Waals surface area (Å²) in [5, 5.41) is 2.74. The first kappa shape index (κ1) is 30.6. The fraction of sp³-hybridized carbons (Fsp3) is 0.577. The molecule has 0 radical (unpaired) electrons. The van der Waals surface area contributed by atoms with E-state index in [-0.39, 0.29) is 56.4 Å². The van der Waals surface area contributed by atoms with E-state index in [1.807, 2.05) is 30.3 Å². The average molecular weight is 507 g/mol. The molecule has 0 bridgehead atoms. The van der Waals surface area contributed by atoms with Crippen LogP contribution < -0.4 is 5.32 Å². The summed E-state index contributed by atoms with van der Waals surface area (Å²) < 4.78 is 13.9. The second kappa shape index (κ2) is 17.9. The Labute approximate surface area is 212 Å². The standard InChI is InChI=1S/C26H38N2O8/c1-34-23(30)14-8-5-9-18-28(22(29)13-10-15-24(31)35-2)21(19-20-11-6-4-7-12-20)26(33)27-17-16-25(32)36-3/h4,6-7,11-12,21H,5,8-10,13-19H2,1-3H3,(H,27,33)/t21-/m0/s1. The number of hydrogen-bond acceptors (Lipinski definition) is 8. The Kier molecular flexibility index (Phi) is 15.2. The number of rotatable bonds is 17. The minimum absolute atomic E-state index is 0.0148. The molecule has 0 aliphatic rings. The fourth-order valence-electron chi connectivity index (χ4n) is 3.60. The van der Waals surface area contributed by atoms with Crippen LogP contribution in [0.4, 0.5) is 0 Å². The summed E-state index contributed by atoms with van der Waals surface area (Å²) in [6, 6.07) is 8.53. The Morgan fingerprint density at radius 1 is 0.750 bits per heavy atom. The van der Waals surface area contributed by atoms with E-state index in [1.54, 1.807) is 0 Å². The van der Waals surface area contributed by atoms with Gasteiger partial charge in [0, 0.05) is 38.8 Å². The van der Waals surface area contributed by atoms with Crippen molar-refractivity contribution in [3.05, 3.63) is 35.9 Å². The second-order valence-corrected chi connectivity index (χ2v) is 8.23. The number of methoxy groups -OCH3 is 3. The summed E-state index contributed by atoms with van der Waals surface area (Å²) in [4.78, 5) is 62.3. The third-order valence-electron chi connectivity index (χ3n) is 5.63. The summed E-state index contributed by atoms with van der Waals surface area (Å²) >= 11 is 0. The molecule has 1 aromatic carbocycles. The number of nitrogens with zero attached hydrogens (tertiary/aromatic N) is 1. The third-order valence-corrected chi connectivity index (χ3v) is 5.63. The first-order valence-electron chi connectivity index (χ1n) is 12.1. The van der Waals surface area contributed by atoms with Crippen molar-refractivity contribution in [3.8, 4) is 0 Å². The molecule has 0 aromatic heterocycles. The lowest BCUT2D eigenvalue weighted by molar-refractivity contribution is -0.143. The Balaban J connectivity index is 3.00. The summed E-state index contributed by atoms with van der Waals surface area (Å²) in [6.07, 6.45) is 2.92. The quantitative estimate of drug-likeness (QED) is 0.193. The zero-order chi connectivity index (χ0) is 26.8. The predicted octanol–water partition coefficient (Wildman–Crippen LogP) is 2.18. The van der Waals surface area contributed by atoms with Gasteiger partial charge in [-0.1, -0.05) is 36.8 Å². The van der Waals surface area contributed by atoms with Gasteiger partial charge >= 0.3 is 17.9 Å². The fourth-order valence-corrected chi connectivity index (χ4v) is 3.60. The molecule has 1 atom stereocenters. The van der Waals surface area contributed by atoms with Gasteiger partial charge in [0.1, 0.15) is 6.04 Å². The molecule has 0 aliphatic heterocycles. The van der Waals surface area contributed by atoms with Crippen molar-refractivity contribution in [1.29, 1.82) is 0 Å². The van der Waals surface area contributed by atoms with E-state index < -0.39 is 18.0 Å². The molecule has 36 heavy (non-hydrogen) atoms. The molecule has 0 fully saturated rings. The van der Waals surface area contributed by atoms with Crippen molar-refractivity contribution in [3.63, 3.8) is 0 Å². The Hall–Kier alpha value is -3.43. The van der Waals surface area contributed by atoms with Crippen molar-refractivity contribution in [2.24, 2.45) is 0 Å². The van der Waals surface area contributed by atoms with Crippen molar-refractivity contribution in [1.82, 2.24) is 10.2 Å². The van der Waals surface area contributed by atoms with E-state index >= 15 is 0 Å². The lowest BCUT2D eigenvalue weighted by Gasteiger charge is -2.31. The SMILES string of the molecule is COC(=O)CCCCCN(C(=O)CCCC(=O)OC)[C@@H](Cc1ccccc1)C(=O)NCCC(=O)OC. The van der Waals surface area contributed by atoms with Crippen LogP contribution in [0.1, 0.15) is 56.9 Å². The zero-order valence-electron chi connectivity index (χ0n) is 21.5. The normalized spacial score (nSPS) is 11.2. The number of nitrogens with one attached hydrogen (secondary N) is 1. The predicted molar refractivity (Wildman–Crippen MR) is 132 cm³/mol. The highest BCUT2D eigenvalue weighted by atomic mass is 16.5. The molecule has 1 aromatic rings. The molecule has 2 amide bonds. The van der Waals surface area contributed by atoms with Crippen molar-refractivity contribution < 1.29 is 38.2 Å². The van der Waals surface area contributed by atoms with E-state index in [1.165, 1.54) is 26.2 Å². The van der Waals surface area contributed by atoms with E-state index in [0.29, 0.717) is 32.2 Å². The number of benzene rings is 1. The molecule has 200 valence electrons. The van der Waals surface area contributed by atoms with Crippen LogP contribution in [0, 0.1) is 0 Å². The molecule has 0 spiro atoms. The summed E-state index contributed by atoms with van der Waals surface area (Å²) in [5.74, 6) is -1.78. The molecule has 10 heteroatoms. The highest BCUT2D eigenvalue weighted by molar-refractivity contribution is 5.88. The highest BCUT2D eigenvalue weighted by Crippen LogP contribution is 2.15. The Bertz CT molecular complexity index is 844. The van der Waals surface area contributed by atoms with Gasteiger partial charge in [0.2, 0.25) is 11.8 Å². The molecular formula is C26H38N2O8. The smallest absolute Gasteiger partial charge is 0.307 e. The van der Waals surface area contributed by atoms with Crippen LogP contribution >= 0.6 is 0 Å². The van der Waals surface area contributed by atoms with Crippen LogP contribution in [0.2, 0.25) is 0 Å². The van der Waals surface area contributed by atoms with Gasteiger partial charge in [-0.2, -0.15) is 0 Å². The van der Waals surface area contributed by atoms with Crippen molar-refractivity contribution in [2.75, 3.05) is 34.4 Å². The number of ether oxygens (including phenoxy) is 3. The van der Waals surface area contributed by atoms with Crippen LogP contribution in [-0.4, -0.2) is 75.1 Å². The maximum Gasteiger partial charge on any atom is 0.307 e. The lowest BCUT2D eigenvalue weighted by atomic mass is 10.0. The third kappa shape index (κ3) is 12.3. The Morgan fingerprint density at radius 3 is 1.94 bits per heavy atom. The van der Waals surface area contributed by atoms with Crippen LogP contribution in [-0.2, 0) is 44.6 Å². The summed E-state index contributed by atoms with van der Waals surface area (Å²) in [5.41, 5.74) is 0.878. The molecule has 10 nitrogen and oxygen atoms in total. The average Bonchev–Trinajstić information content (AvgIpc) is 2.89. The van der Waals surface area contributed by atoms with Gasteiger partial charge in [0.15, 0.2) is 0 Å². The molecule has 0 heterocycles. The van der Waals surface area contributed by atoms with Crippen LogP contribution in [0.3, 0.4) is 0 Å². The molecule has 0 unspecified atom stereocenters. The van der Waals surface area contributed by atoms with Gasteiger partial charge in [-0.05, 0) is 24.8 Å². The number of unbranched alkanes of at least 4 members (excludes halogenated alkanes) is 2. The topological polar surface area (TPSA) is 128 Å². The van der Waals surface area contributed by atoms with Crippen LogP contribution in [0.15, 0.2) is 30.3 Å². The number of hydrogen-bond donors (Lipinski definition) is 1. The number of amides is 2. The van der Waals surface area contributed by atoms with Crippen molar-refractivity contribution in [2.45, 2.75) is 63.8 Å². The summed E-state index contributed by atoms with van der Waals surface area (Å²) in [7, 11) is 3.90. The molecule has 1 rings (SSSR count). The minimum atomic E-state index is -0.809. The van der Waals surface area contributed by atoms with Gasteiger partial charge in [-0.15, -0.1) is 0 Å². The second-order valence-electron chi connectivity index (χ2n) is 8.23. The number of esters is 3. The van der Waals surface area contributed by atoms with Crippen LogP contribution in [0.5, 0.6) is 0 Å². The van der Waals surface area contributed by atoms with Gasteiger partial charge < -0.3 is 24.4 Å². The first-order valence-corrected chi connectivity index (χ1v) is 12.1. The van der Waals surface area contributed by atoms with E-state index in [0.717, 1.165) is 5.56 Å². The molecule has 0 saturated carbocycles. The van der Waals surface area contributed by atoms with Gasteiger partial charge in [-0.3, -0.25) is 24.0 Å². The van der Waals surface area contributed by atoms with E-state index in [9.17, 15) is 24.0 Å². The zero-order valence-corrected chi connectivity index (χ0v) is 21.5. The van der Waals surface area contributed by atoms with Crippen LogP contribution in [0.25, 0.3) is 0 Å². The van der Waals surface area contributed by atoms with Gasteiger partial charge in [0.25, 0.3) is 0 Å². The monoisotopic (exact) mass is 506 g/mol. The summed E-state index contributed by atoms with van der Waals surface area (Å²) in [6.45, 7) is 0.389. The highest BCUT2D eigenvalue weighted by Gasteiger charge is 2.29. The van der Waals surface area contributed by atoms with E-state index in [2.05, 4.69) is 19.5 Å². The number of carbonyl (C=O) groups is 5. The maximum atomic E-state index is 13.2. The Morgan fingerprint density at radius 2 is 1.33 bits per heavy atom. The molecule has 0 aliphatic carbocycles. The molecule has 1 N–H and O–H groups in total. The van der Waals surface area contributed by atoms with Gasteiger partial charge in [-0.25, -0.2) is 0 Å². The molecule has 0 saturated heterocycles.